The molecule has 1 aromatic heterocycles. The number of hydrogen-bond donors (Lipinski definition) is 0. The number of pyridine rings is 1. The molecule has 1 saturated heterocycles. The Balaban J connectivity index is 2.19. The fourth-order valence-electron chi connectivity index (χ4n) is 2.01. The van der Waals surface area contributed by atoms with Gasteiger partial charge in [0.2, 0.25) is 0 Å². The Labute approximate surface area is 100 Å². The molecule has 16 heavy (non-hydrogen) atoms. The van der Waals surface area contributed by atoms with E-state index in [0.29, 0.717) is 10.7 Å². The second-order valence-corrected chi connectivity index (χ2v) is 4.61. The Hall–Kier alpha value is -1.09. The van der Waals surface area contributed by atoms with E-state index < -0.39 is 0 Å². The van der Waals surface area contributed by atoms with Gasteiger partial charge >= 0.3 is 0 Å². The van der Waals surface area contributed by atoms with Gasteiger partial charge in [-0.1, -0.05) is 11.6 Å². The molecule has 0 atom stereocenters. The van der Waals surface area contributed by atoms with Gasteiger partial charge < -0.3 is 4.90 Å². The highest BCUT2D eigenvalue weighted by Crippen LogP contribution is 2.16. The number of carbonyl (C=O) groups excluding carboxylic acids is 1. The molecule has 1 aliphatic rings. The number of likely N-dealkylation sites (tertiary alicyclic amines) is 1. The number of nitrogens with zero attached hydrogens (tertiary/aromatic N) is 2. The third-order valence-electron chi connectivity index (χ3n) is 2.89. The van der Waals surface area contributed by atoms with E-state index in [9.17, 15) is 4.79 Å². The lowest BCUT2D eigenvalue weighted by Gasteiger charge is -2.26. The van der Waals surface area contributed by atoms with Crippen LogP contribution < -0.4 is 0 Å². The summed E-state index contributed by atoms with van der Waals surface area (Å²) in [5, 5.41) is 0.577. The first-order valence-electron chi connectivity index (χ1n) is 5.60. The summed E-state index contributed by atoms with van der Waals surface area (Å²) in [5.41, 5.74) is 1.38. The first-order valence-corrected chi connectivity index (χ1v) is 5.97. The molecule has 0 bridgehead atoms. The molecule has 0 spiro atoms. The highest BCUT2D eigenvalue weighted by molar-refractivity contribution is 6.30. The molecule has 1 amide bonds. The predicted octanol–water partition coefficient (Wildman–Crippen LogP) is 2.67. The summed E-state index contributed by atoms with van der Waals surface area (Å²) in [6, 6.07) is 1.78. The first-order chi connectivity index (χ1) is 7.68. The van der Waals surface area contributed by atoms with Gasteiger partial charge in [-0.25, -0.2) is 4.98 Å². The lowest BCUT2D eigenvalue weighted by Crippen LogP contribution is -2.36. The molecule has 1 aliphatic heterocycles. The Morgan fingerprint density at radius 1 is 1.38 bits per heavy atom. The van der Waals surface area contributed by atoms with Crippen molar-refractivity contribution in [2.45, 2.75) is 26.2 Å². The van der Waals surface area contributed by atoms with Crippen LogP contribution in [-0.2, 0) is 0 Å². The van der Waals surface area contributed by atoms with Crippen LogP contribution in [0.25, 0.3) is 0 Å². The molecule has 0 aliphatic carbocycles. The quantitative estimate of drug-likeness (QED) is 0.754. The topological polar surface area (TPSA) is 33.2 Å². The summed E-state index contributed by atoms with van der Waals surface area (Å²) in [4.78, 5) is 18.2. The van der Waals surface area contributed by atoms with Crippen molar-refractivity contribution < 1.29 is 4.79 Å². The number of carbonyl (C=O) groups is 1. The number of rotatable bonds is 1. The monoisotopic (exact) mass is 238 g/mol. The van der Waals surface area contributed by atoms with E-state index in [1.807, 2.05) is 11.8 Å². The molecule has 86 valence electrons. The molecule has 0 aromatic carbocycles. The van der Waals surface area contributed by atoms with Crippen molar-refractivity contribution in [2.75, 3.05) is 13.1 Å². The molecular weight excluding hydrogens is 224 g/mol. The molecule has 2 rings (SSSR count). The SMILES string of the molecule is Cc1cc(Cl)cnc1C(=O)N1CCCCC1. The Bertz CT molecular complexity index is 400. The third kappa shape index (κ3) is 2.35. The Kier molecular flexibility index (Phi) is 3.44. The average Bonchev–Trinajstić information content (AvgIpc) is 2.29. The normalized spacial score (nSPS) is 16.2. The fraction of sp³-hybridized carbons (Fsp3) is 0.500. The number of hydrogen-bond acceptors (Lipinski definition) is 2. The van der Waals surface area contributed by atoms with Crippen molar-refractivity contribution in [3.8, 4) is 0 Å². The maximum atomic E-state index is 12.2. The van der Waals surface area contributed by atoms with Crippen molar-refractivity contribution in [3.63, 3.8) is 0 Å². The van der Waals surface area contributed by atoms with Crippen molar-refractivity contribution in [1.29, 1.82) is 0 Å². The van der Waals surface area contributed by atoms with E-state index in [4.69, 9.17) is 11.6 Å². The average molecular weight is 239 g/mol. The summed E-state index contributed by atoms with van der Waals surface area (Å²) in [7, 11) is 0. The minimum Gasteiger partial charge on any atom is -0.337 e. The molecule has 0 saturated carbocycles. The largest absolute Gasteiger partial charge is 0.337 e. The van der Waals surface area contributed by atoms with Crippen molar-refractivity contribution in [1.82, 2.24) is 9.88 Å². The molecule has 0 unspecified atom stereocenters. The summed E-state index contributed by atoms with van der Waals surface area (Å²) in [6.45, 7) is 3.57. The summed E-state index contributed by atoms with van der Waals surface area (Å²) < 4.78 is 0. The molecule has 4 heteroatoms. The van der Waals surface area contributed by atoms with Crippen LogP contribution in [0.15, 0.2) is 12.3 Å². The van der Waals surface area contributed by atoms with Crippen molar-refractivity contribution >= 4 is 17.5 Å². The smallest absolute Gasteiger partial charge is 0.272 e. The minimum absolute atomic E-state index is 0.0360. The van der Waals surface area contributed by atoms with Gasteiger partial charge in [0.1, 0.15) is 5.69 Å². The summed E-state index contributed by atoms with van der Waals surface area (Å²) >= 11 is 5.82. The van der Waals surface area contributed by atoms with E-state index >= 15 is 0 Å². The molecule has 3 nitrogen and oxygen atoms in total. The maximum Gasteiger partial charge on any atom is 0.272 e. The van der Waals surface area contributed by atoms with Gasteiger partial charge in [-0.3, -0.25) is 4.79 Å². The van der Waals surface area contributed by atoms with Crippen LogP contribution >= 0.6 is 11.6 Å². The lowest BCUT2D eigenvalue weighted by atomic mass is 10.1. The minimum atomic E-state index is 0.0360. The molecule has 1 aromatic rings. The van der Waals surface area contributed by atoms with Gasteiger partial charge in [-0.2, -0.15) is 0 Å². The summed E-state index contributed by atoms with van der Waals surface area (Å²) in [6.07, 6.45) is 4.94. The van der Waals surface area contributed by atoms with Crippen LogP contribution in [0, 0.1) is 6.92 Å². The molecule has 0 N–H and O–H groups in total. The standard InChI is InChI=1S/C12H15ClN2O/c1-9-7-10(13)8-14-11(9)12(16)15-5-3-2-4-6-15/h7-8H,2-6H2,1H3. The van der Waals surface area contributed by atoms with E-state index in [2.05, 4.69) is 4.98 Å². The van der Waals surface area contributed by atoms with Crippen LogP contribution in [0.5, 0.6) is 0 Å². The van der Waals surface area contributed by atoms with E-state index in [1.165, 1.54) is 12.6 Å². The van der Waals surface area contributed by atoms with Crippen molar-refractivity contribution in [3.05, 3.63) is 28.5 Å². The van der Waals surface area contributed by atoms with E-state index in [0.717, 1.165) is 31.5 Å². The van der Waals surface area contributed by atoms with E-state index in [-0.39, 0.29) is 5.91 Å². The van der Waals surface area contributed by atoms with Crippen LogP contribution in [0.4, 0.5) is 0 Å². The molecule has 2 heterocycles. The van der Waals surface area contributed by atoms with Gasteiger partial charge in [0.25, 0.3) is 5.91 Å². The van der Waals surface area contributed by atoms with E-state index in [1.54, 1.807) is 6.07 Å². The number of aromatic nitrogens is 1. The highest BCUT2D eigenvalue weighted by Gasteiger charge is 2.20. The number of amides is 1. The van der Waals surface area contributed by atoms with Crippen LogP contribution in [0.1, 0.15) is 35.3 Å². The third-order valence-corrected chi connectivity index (χ3v) is 3.10. The summed E-state index contributed by atoms with van der Waals surface area (Å²) in [5.74, 6) is 0.0360. The molecule has 1 fully saturated rings. The lowest BCUT2D eigenvalue weighted by molar-refractivity contribution is 0.0717. The van der Waals surface area contributed by atoms with Crippen LogP contribution in [0.2, 0.25) is 5.02 Å². The first kappa shape index (κ1) is 11.4. The number of piperidine rings is 1. The second kappa shape index (κ2) is 4.83. The zero-order chi connectivity index (χ0) is 11.5. The zero-order valence-corrected chi connectivity index (χ0v) is 10.1. The van der Waals surface area contributed by atoms with Gasteiger partial charge in [0.05, 0.1) is 5.02 Å². The number of aryl methyl sites for hydroxylation is 1. The molecular formula is C12H15ClN2O. The zero-order valence-electron chi connectivity index (χ0n) is 9.37. The van der Waals surface area contributed by atoms with Gasteiger partial charge in [0.15, 0.2) is 0 Å². The maximum absolute atomic E-state index is 12.2. The Morgan fingerprint density at radius 3 is 2.69 bits per heavy atom. The predicted molar refractivity (Wildman–Crippen MR) is 63.7 cm³/mol. The van der Waals surface area contributed by atoms with Gasteiger partial charge in [-0.15, -0.1) is 0 Å². The molecule has 0 radical (unpaired) electrons. The van der Waals surface area contributed by atoms with Crippen LogP contribution in [-0.4, -0.2) is 28.9 Å². The second-order valence-electron chi connectivity index (χ2n) is 4.17. The van der Waals surface area contributed by atoms with Crippen molar-refractivity contribution in [2.24, 2.45) is 0 Å². The Morgan fingerprint density at radius 2 is 2.06 bits per heavy atom. The van der Waals surface area contributed by atoms with Crippen LogP contribution in [0.3, 0.4) is 0 Å². The van der Waals surface area contributed by atoms with Gasteiger partial charge in [-0.05, 0) is 37.8 Å². The number of halogens is 1. The highest BCUT2D eigenvalue weighted by atomic mass is 35.5. The fourth-order valence-corrected chi connectivity index (χ4v) is 2.22. The van der Waals surface area contributed by atoms with Gasteiger partial charge in [0, 0.05) is 19.3 Å².